The van der Waals surface area contributed by atoms with Crippen molar-refractivity contribution < 1.29 is 9.47 Å². The van der Waals surface area contributed by atoms with Crippen LogP contribution in [0, 0.1) is 5.41 Å². The van der Waals surface area contributed by atoms with E-state index in [0.717, 1.165) is 29.8 Å². The molecule has 0 fully saturated rings. The minimum atomic E-state index is 0.0462. The maximum absolute atomic E-state index is 6.25. The Balaban J connectivity index is 2.07. The van der Waals surface area contributed by atoms with Crippen molar-refractivity contribution in [3.8, 4) is 11.5 Å². The minimum Gasteiger partial charge on any atom is -0.490 e. The van der Waals surface area contributed by atoms with E-state index in [1.165, 1.54) is 0 Å². The molecule has 0 aromatic heterocycles. The third kappa shape index (κ3) is 8.08. The monoisotopic (exact) mass is 437 g/mol. The summed E-state index contributed by atoms with van der Waals surface area (Å²) in [7, 11) is 0. The maximum atomic E-state index is 6.25. The molecule has 0 unspecified atom stereocenters. The Morgan fingerprint density at radius 2 is 1.62 bits per heavy atom. The number of halogens is 2. The van der Waals surface area contributed by atoms with Crippen molar-refractivity contribution in [2.75, 3.05) is 6.61 Å². The Labute approximate surface area is 185 Å². The second-order valence-electron chi connectivity index (χ2n) is 9.21. The van der Waals surface area contributed by atoms with Crippen LogP contribution in [-0.4, -0.2) is 12.1 Å². The molecule has 0 aliphatic heterocycles. The lowest BCUT2D eigenvalue weighted by Gasteiger charge is -2.33. The van der Waals surface area contributed by atoms with Gasteiger partial charge in [0.1, 0.15) is 6.61 Å². The van der Waals surface area contributed by atoms with Gasteiger partial charge in [0.05, 0.1) is 6.61 Å². The summed E-state index contributed by atoms with van der Waals surface area (Å²) < 4.78 is 11.8. The Hall–Kier alpha value is -1.42. The number of benzene rings is 2. The predicted molar refractivity (Wildman–Crippen MR) is 123 cm³/mol. The first kappa shape index (κ1) is 23.9. The first-order valence-corrected chi connectivity index (χ1v) is 10.8. The molecule has 0 atom stereocenters. The smallest absolute Gasteiger partial charge is 0.161 e. The van der Waals surface area contributed by atoms with E-state index in [2.05, 4.69) is 46.0 Å². The highest BCUT2D eigenvalue weighted by Gasteiger charge is 2.24. The average molecular weight is 438 g/mol. The quantitative estimate of drug-likeness (QED) is 0.446. The molecule has 5 heteroatoms. The zero-order valence-corrected chi connectivity index (χ0v) is 19.9. The molecule has 0 spiro atoms. The second kappa shape index (κ2) is 10.1. The molecule has 0 saturated heterocycles. The molecule has 0 saturated carbocycles. The molecule has 1 N–H and O–H groups in total. The van der Waals surface area contributed by atoms with Crippen LogP contribution in [0.15, 0.2) is 36.4 Å². The average Bonchev–Trinajstić information content (AvgIpc) is 2.59. The van der Waals surface area contributed by atoms with E-state index < -0.39 is 0 Å². The molecule has 0 bridgehead atoms. The standard InChI is InChI=1S/C24H33Cl2NO2/c1-7-28-22-12-17(14-27-24(5,6)16-23(2,3)4)8-11-21(22)29-15-18-9-10-19(25)13-20(18)26/h8-13,27H,7,14-16H2,1-6H3. The fourth-order valence-electron chi connectivity index (χ4n) is 3.57. The maximum Gasteiger partial charge on any atom is 0.161 e. The van der Waals surface area contributed by atoms with Gasteiger partial charge in [0.25, 0.3) is 0 Å². The molecule has 0 radical (unpaired) electrons. The Morgan fingerprint density at radius 3 is 2.24 bits per heavy atom. The summed E-state index contributed by atoms with van der Waals surface area (Å²) >= 11 is 12.2. The summed E-state index contributed by atoms with van der Waals surface area (Å²) in [6.07, 6.45) is 1.08. The Bertz CT molecular complexity index is 813. The van der Waals surface area contributed by atoms with Gasteiger partial charge in [-0.25, -0.2) is 0 Å². The van der Waals surface area contributed by atoms with E-state index in [9.17, 15) is 0 Å². The van der Waals surface area contributed by atoms with Crippen LogP contribution in [0.1, 0.15) is 59.1 Å². The van der Waals surface area contributed by atoms with Crippen LogP contribution in [0.25, 0.3) is 0 Å². The van der Waals surface area contributed by atoms with E-state index in [1.54, 1.807) is 6.07 Å². The number of nitrogens with one attached hydrogen (secondary N) is 1. The van der Waals surface area contributed by atoms with E-state index in [-0.39, 0.29) is 11.0 Å². The molecule has 2 aromatic carbocycles. The highest BCUT2D eigenvalue weighted by molar-refractivity contribution is 6.35. The van der Waals surface area contributed by atoms with Crippen molar-refractivity contribution >= 4 is 23.2 Å². The Morgan fingerprint density at radius 1 is 0.897 bits per heavy atom. The van der Waals surface area contributed by atoms with Gasteiger partial charge >= 0.3 is 0 Å². The molecule has 0 amide bonds. The van der Waals surface area contributed by atoms with Gasteiger partial charge in [-0.15, -0.1) is 0 Å². The van der Waals surface area contributed by atoms with E-state index in [4.69, 9.17) is 32.7 Å². The molecule has 0 aliphatic carbocycles. The van der Waals surface area contributed by atoms with E-state index in [1.807, 2.05) is 31.2 Å². The Kier molecular flexibility index (Phi) is 8.28. The number of hydrogen-bond donors (Lipinski definition) is 1. The minimum absolute atomic E-state index is 0.0462. The molecular formula is C24H33Cl2NO2. The number of ether oxygens (including phenoxy) is 2. The van der Waals surface area contributed by atoms with Gasteiger partial charge < -0.3 is 14.8 Å². The molecule has 3 nitrogen and oxygen atoms in total. The van der Waals surface area contributed by atoms with Crippen LogP contribution in [0.4, 0.5) is 0 Å². The molecule has 29 heavy (non-hydrogen) atoms. The van der Waals surface area contributed by atoms with Crippen LogP contribution >= 0.6 is 23.2 Å². The lowest BCUT2D eigenvalue weighted by molar-refractivity contribution is 0.240. The van der Waals surface area contributed by atoms with Crippen LogP contribution < -0.4 is 14.8 Å². The molecule has 2 aromatic rings. The fraction of sp³-hybridized carbons (Fsp3) is 0.500. The topological polar surface area (TPSA) is 30.5 Å². The summed E-state index contributed by atoms with van der Waals surface area (Å²) in [6, 6.07) is 11.5. The molecule has 0 heterocycles. The van der Waals surface area contributed by atoms with Gasteiger partial charge in [-0.2, -0.15) is 0 Å². The van der Waals surface area contributed by atoms with Gasteiger partial charge in [0.2, 0.25) is 0 Å². The van der Waals surface area contributed by atoms with Crippen LogP contribution in [0.3, 0.4) is 0 Å². The molecule has 160 valence electrons. The first-order chi connectivity index (χ1) is 13.5. The lowest BCUT2D eigenvalue weighted by Crippen LogP contribution is -2.41. The van der Waals surface area contributed by atoms with Crippen molar-refractivity contribution in [1.29, 1.82) is 0 Å². The molecular weight excluding hydrogens is 405 g/mol. The van der Waals surface area contributed by atoms with E-state index >= 15 is 0 Å². The fourth-order valence-corrected chi connectivity index (χ4v) is 4.04. The van der Waals surface area contributed by atoms with Crippen LogP contribution in [0.5, 0.6) is 11.5 Å². The van der Waals surface area contributed by atoms with Crippen LogP contribution in [0.2, 0.25) is 10.0 Å². The third-order valence-electron chi connectivity index (χ3n) is 4.45. The van der Waals surface area contributed by atoms with Crippen LogP contribution in [-0.2, 0) is 13.2 Å². The SMILES string of the molecule is CCOc1cc(CNC(C)(C)CC(C)(C)C)ccc1OCc1ccc(Cl)cc1Cl. The van der Waals surface area contributed by atoms with Gasteiger partial charge in [0.15, 0.2) is 11.5 Å². The largest absolute Gasteiger partial charge is 0.490 e. The molecule has 2 rings (SSSR count). The third-order valence-corrected chi connectivity index (χ3v) is 5.04. The second-order valence-corrected chi connectivity index (χ2v) is 10.1. The van der Waals surface area contributed by atoms with Gasteiger partial charge in [-0.05, 0) is 62.4 Å². The summed E-state index contributed by atoms with van der Waals surface area (Å²) in [5.74, 6) is 1.45. The van der Waals surface area contributed by atoms with E-state index in [0.29, 0.717) is 29.0 Å². The normalized spacial score (nSPS) is 12.1. The highest BCUT2D eigenvalue weighted by atomic mass is 35.5. The van der Waals surface area contributed by atoms with Crippen molar-refractivity contribution in [3.05, 3.63) is 57.6 Å². The van der Waals surface area contributed by atoms with Crippen molar-refractivity contribution in [2.24, 2.45) is 5.41 Å². The summed E-state index contributed by atoms with van der Waals surface area (Å²) in [4.78, 5) is 0. The zero-order chi connectivity index (χ0) is 21.7. The van der Waals surface area contributed by atoms with Gasteiger partial charge in [-0.1, -0.05) is 56.1 Å². The lowest BCUT2D eigenvalue weighted by atomic mass is 9.82. The van der Waals surface area contributed by atoms with Gasteiger partial charge in [-0.3, -0.25) is 0 Å². The van der Waals surface area contributed by atoms with Crippen molar-refractivity contribution in [3.63, 3.8) is 0 Å². The predicted octanol–water partition coefficient (Wildman–Crippen LogP) is 7.28. The summed E-state index contributed by atoms with van der Waals surface area (Å²) in [5.41, 5.74) is 2.36. The summed E-state index contributed by atoms with van der Waals surface area (Å²) in [5, 5.41) is 4.87. The zero-order valence-electron chi connectivity index (χ0n) is 18.4. The molecule has 0 aliphatic rings. The number of hydrogen-bond acceptors (Lipinski definition) is 3. The summed E-state index contributed by atoms with van der Waals surface area (Å²) in [6.45, 7) is 15.0. The first-order valence-electron chi connectivity index (χ1n) is 10.1. The van der Waals surface area contributed by atoms with Crippen molar-refractivity contribution in [2.45, 2.75) is 66.7 Å². The number of rotatable bonds is 9. The van der Waals surface area contributed by atoms with Gasteiger partial charge in [0, 0.05) is 27.7 Å². The van der Waals surface area contributed by atoms with Crippen molar-refractivity contribution in [1.82, 2.24) is 5.32 Å². The highest BCUT2D eigenvalue weighted by Crippen LogP contribution is 2.31.